The summed E-state index contributed by atoms with van der Waals surface area (Å²) in [6.07, 6.45) is 3.23. The van der Waals surface area contributed by atoms with Crippen molar-refractivity contribution < 1.29 is 0 Å². The zero-order valence-corrected chi connectivity index (χ0v) is 9.48. The number of hydrogen-bond donors (Lipinski definition) is 3. The molecule has 5 heteroatoms. The molecule has 1 aliphatic carbocycles. The van der Waals surface area contributed by atoms with E-state index in [9.17, 15) is 0 Å². The molecule has 5 nitrogen and oxygen atoms in total. The van der Waals surface area contributed by atoms with Crippen molar-refractivity contribution in [1.82, 2.24) is 15.2 Å². The van der Waals surface area contributed by atoms with Crippen molar-refractivity contribution in [2.75, 3.05) is 11.1 Å². The Kier molecular flexibility index (Phi) is 2.44. The highest BCUT2D eigenvalue weighted by Crippen LogP contribution is 2.22. The van der Waals surface area contributed by atoms with E-state index in [4.69, 9.17) is 5.73 Å². The standard InChI is InChI=1S/C12H15N5/c13-11-15-12(17-16-11)14-10-6-5-8-3-1-2-4-9(8)7-10/h1-4,10H,5-7H2,(H4,13,14,15,16,17). The van der Waals surface area contributed by atoms with Crippen LogP contribution in [-0.4, -0.2) is 21.2 Å². The van der Waals surface area contributed by atoms with Gasteiger partial charge in [0.2, 0.25) is 11.9 Å². The second kappa shape index (κ2) is 4.08. The van der Waals surface area contributed by atoms with Gasteiger partial charge in [0.25, 0.3) is 0 Å². The van der Waals surface area contributed by atoms with E-state index >= 15 is 0 Å². The van der Waals surface area contributed by atoms with Gasteiger partial charge in [0.1, 0.15) is 0 Å². The molecule has 0 amide bonds. The predicted octanol–water partition coefficient (Wildman–Crippen LogP) is 1.36. The number of hydrogen-bond acceptors (Lipinski definition) is 4. The molecule has 1 aromatic carbocycles. The van der Waals surface area contributed by atoms with Gasteiger partial charge < -0.3 is 11.1 Å². The van der Waals surface area contributed by atoms with Crippen molar-refractivity contribution in [3.63, 3.8) is 0 Å². The third kappa shape index (κ3) is 2.08. The van der Waals surface area contributed by atoms with Crippen LogP contribution in [0.4, 0.5) is 11.9 Å². The fraction of sp³-hybridized carbons (Fsp3) is 0.333. The normalized spacial score (nSPS) is 18.7. The molecular weight excluding hydrogens is 214 g/mol. The summed E-state index contributed by atoms with van der Waals surface area (Å²) in [6, 6.07) is 8.97. The molecular formula is C12H15N5. The van der Waals surface area contributed by atoms with Crippen molar-refractivity contribution in [2.24, 2.45) is 0 Å². The fourth-order valence-corrected chi connectivity index (χ4v) is 2.34. The number of fused-ring (bicyclic) bond motifs is 1. The van der Waals surface area contributed by atoms with Gasteiger partial charge in [-0.2, -0.15) is 4.98 Å². The number of nitrogens with one attached hydrogen (secondary N) is 2. The highest BCUT2D eigenvalue weighted by Gasteiger charge is 2.18. The summed E-state index contributed by atoms with van der Waals surface area (Å²) in [6.45, 7) is 0. The van der Waals surface area contributed by atoms with Gasteiger partial charge in [-0.1, -0.05) is 24.3 Å². The van der Waals surface area contributed by atoms with Crippen LogP contribution in [0, 0.1) is 0 Å². The third-order valence-corrected chi connectivity index (χ3v) is 3.18. The zero-order chi connectivity index (χ0) is 11.7. The molecule has 0 bridgehead atoms. The van der Waals surface area contributed by atoms with Gasteiger partial charge in [-0.25, -0.2) is 5.10 Å². The molecule has 4 N–H and O–H groups in total. The summed E-state index contributed by atoms with van der Waals surface area (Å²) < 4.78 is 0. The van der Waals surface area contributed by atoms with E-state index in [1.54, 1.807) is 0 Å². The molecule has 0 fully saturated rings. The van der Waals surface area contributed by atoms with Gasteiger partial charge in [0, 0.05) is 6.04 Å². The Morgan fingerprint density at radius 1 is 1.29 bits per heavy atom. The number of anilines is 2. The summed E-state index contributed by atoms with van der Waals surface area (Å²) in [5.41, 5.74) is 8.37. The molecule has 2 aromatic rings. The van der Waals surface area contributed by atoms with Gasteiger partial charge in [-0.05, 0) is 30.4 Å². The summed E-state index contributed by atoms with van der Waals surface area (Å²) in [4.78, 5) is 4.06. The van der Waals surface area contributed by atoms with Gasteiger partial charge in [-0.15, -0.1) is 5.10 Å². The lowest BCUT2D eigenvalue weighted by atomic mass is 9.88. The first-order valence-corrected chi connectivity index (χ1v) is 5.82. The first kappa shape index (κ1) is 10.1. The SMILES string of the molecule is Nc1nc(NC2CCc3ccccc3C2)n[nH]1. The minimum absolute atomic E-state index is 0.351. The van der Waals surface area contributed by atoms with Crippen LogP contribution in [0.2, 0.25) is 0 Å². The van der Waals surface area contributed by atoms with Crippen LogP contribution in [0.1, 0.15) is 17.5 Å². The van der Waals surface area contributed by atoms with Crippen molar-refractivity contribution in [1.29, 1.82) is 0 Å². The topological polar surface area (TPSA) is 79.6 Å². The van der Waals surface area contributed by atoms with E-state index in [2.05, 4.69) is 44.8 Å². The second-order valence-electron chi connectivity index (χ2n) is 4.40. The number of H-pyrrole nitrogens is 1. The van der Waals surface area contributed by atoms with E-state index in [-0.39, 0.29) is 0 Å². The van der Waals surface area contributed by atoms with Crippen LogP contribution >= 0.6 is 0 Å². The van der Waals surface area contributed by atoms with Gasteiger partial charge in [-0.3, -0.25) is 0 Å². The molecule has 0 aliphatic heterocycles. The van der Waals surface area contributed by atoms with Crippen molar-refractivity contribution in [3.05, 3.63) is 35.4 Å². The van der Waals surface area contributed by atoms with Gasteiger partial charge in [0.15, 0.2) is 0 Å². The number of nitrogens with zero attached hydrogens (tertiary/aromatic N) is 2. The lowest BCUT2D eigenvalue weighted by Gasteiger charge is -2.24. The quantitative estimate of drug-likeness (QED) is 0.726. The largest absolute Gasteiger partial charge is 0.368 e. The number of benzene rings is 1. The molecule has 3 rings (SSSR count). The maximum Gasteiger partial charge on any atom is 0.243 e. The summed E-state index contributed by atoms with van der Waals surface area (Å²) in [5.74, 6) is 0.940. The molecule has 88 valence electrons. The van der Waals surface area contributed by atoms with Crippen molar-refractivity contribution >= 4 is 11.9 Å². The van der Waals surface area contributed by atoms with E-state index in [1.807, 2.05) is 0 Å². The fourth-order valence-electron chi connectivity index (χ4n) is 2.34. The molecule has 1 aliphatic rings. The van der Waals surface area contributed by atoms with Crippen LogP contribution < -0.4 is 11.1 Å². The van der Waals surface area contributed by atoms with E-state index in [0.29, 0.717) is 17.9 Å². The minimum atomic E-state index is 0.351. The Hall–Kier alpha value is -2.04. The van der Waals surface area contributed by atoms with E-state index in [0.717, 1.165) is 19.3 Å². The van der Waals surface area contributed by atoms with Gasteiger partial charge >= 0.3 is 0 Å². The maximum atomic E-state index is 5.49. The highest BCUT2D eigenvalue weighted by atomic mass is 15.3. The number of aromatic amines is 1. The number of aryl methyl sites for hydroxylation is 1. The van der Waals surface area contributed by atoms with Crippen LogP contribution in [0.3, 0.4) is 0 Å². The average Bonchev–Trinajstić information content (AvgIpc) is 2.75. The van der Waals surface area contributed by atoms with E-state index in [1.165, 1.54) is 11.1 Å². The second-order valence-corrected chi connectivity index (χ2v) is 4.40. The molecule has 1 unspecified atom stereocenters. The van der Waals surface area contributed by atoms with Crippen molar-refractivity contribution in [3.8, 4) is 0 Å². The zero-order valence-electron chi connectivity index (χ0n) is 9.48. The Morgan fingerprint density at radius 3 is 2.88 bits per heavy atom. The van der Waals surface area contributed by atoms with Gasteiger partial charge in [0.05, 0.1) is 0 Å². The van der Waals surface area contributed by atoms with Crippen LogP contribution in [0.5, 0.6) is 0 Å². The molecule has 1 heterocycles. The number of nitrogens with two attached hydrogens (primary N) is 1. The Bertz CT molecular complexity index is 519. The molecule has 0 saturated heterocycles. The molecule has 0 spiro atoms. The summed E-state index contributed by atoms with van der Waals surface area (Å²) >= 11 is 0. The molecule has 17 heavy (non-hydrogen) atoms. The summed E-state index contributed by atoms with van der Waals surface area (Å²) in [7, 11) is 0. The molecule has 0 saturated carbocycles. The lowest BCUT2D eigenvalue weighted by Crippen LogP contribution is -2.27. The summed E-state index contributed by atoms with van der Waals surface area (Å²) in [5, 5.41) is 9.93. The molecule has 1 atom stereocenters. The van der Waals surface area contributed by atoms with E-state index < -0.39 is 0 Å². The number of rotatable bonds is 2. The maximum absolute atomic E-state index is 5.49. The Morgan fingerprint density at radius 2 is 2.12 bits per heavy atom. The number of aromatic nitrogens is 3. The Balaban J connectivity index is 1.72. The van der Waals surface area contributed by atoms with Crippen molar-refractivity contribution in [2.45, 2.75) is 25.3 Å². The van der Waals surface area contributed by atoms with Crippen LogP contribution in [-0.2, 0) is 12.8 Å². The predicted molar refractivity (Wildman–Crippen MR) is 66.7 cm³/mol. The average molecular weight is 229 g/mol. The lowest BCUT2D eigenvalue weighted by molar-refractivity contribution is 0.606. The first-order valence-electron chi connectivity index (χ1n) is 5.82. The molecule has 0 radical (unpaired) electrons. The third-order valence-electron chi connectivity index (χ3n) is 3.18. The number of nitrogen functional groups attached to an aromatic ring is 1. The van der Waals surface area contributed by atoms with Crippen LogP contribution in [0.25, 0.3) is 0 Å². The Labute approximate surface area is 99.4 Å². The van der Waals surface area contributed by atoms with Crippen LogP contribution in [0.15, 0.2) is 24.3 Å². The molecule has 1 aromatic heterocycles. The first-order chi connectivity index (χ1) is 8.31. The monoisotopic (exact) mass is 229 g/mol. The minimum Gasteiger partial charge on any atom is -0.368 e. The smallest absolute Gasteiger partial charge is 0.243 e. The highest BCUT2D eigenvalue weighted by molar-refractivity contribution is 5.36.